The van der Waals surface area contributed by atoms with E-state index < -0.39 is 0 Å². The number of fused-ring (bicyclic) bond motifs is 1. The van der Waals surface area contributed by atoms with Crippen LogP contribution in [0.1, 0.15) is 53.4 Å². The van der Waals surface area contributed by atoms with E-state index in [4.69, 9.17) is 4.52 Å². The fraction of sp³-hybridized carbons (Fsp3) is 0.435. The molecule has 6 nitrogen and oxygen atoms in total. The zero-order chi connectivity index (χ0) is 19.6. The summed E-state index contributed by atoms with van der Waals surface area (Å²) in [6, 6.07) is 12.5. The Morgan fingerprint density at radius 2 is 2.00 bits per heavy atom. The summed E-state index contributed by atoms with van der Waals surface area (Å²) in [6.45, 7) is 4.59. The molecule has 5 rings (SSSR count). The monoisotopic (exact) mass is 390 g/mol. The van der Waals surface area contributed by atoms with Crippen LogP contribution in [-0.2, 0) is 6.54 Å². The second-order valence-electron chi connectivity index (χ2n) is 8.22. The highest BCUT2D eigenvalue weighted by atomic mass is 16.5. The first-order chi connectivity index (χ1) is 14.3. The minimum Gasteiger partial charge on any atom is -0.351 e. The highest BCUT2D eigenvalue weighted by Crippen LogP contribution is 2.28. The first kappa shape index (κ1) is 18.3. The van der Waals surface area contributed by atoms with E-state index in [1.807, 2.05) is 23.2 Å². The van der Waals surface area contributed by atoms with E-state index in [0.717, 1.165) is 69.6 Å². The summed E-state index contributed by atoms with van der Waals surface area (Å²) < 4.78 is 5.43. The van der Waals surface area contributed by atoms with Gasteiger partial charge in [-0.3, -0.25) is 14.7 Å². The average Bonchev–Trinajstić information content (AvgIpc) is 3.46. The lowest BCUT2D eigenvalue weighted by Crippen LogP contribution is -2.34. The van der Waals surface area contributed by atoms with Gasteiger partial charge in [-0.1, -0.05) is 17.3 Å². The topological polar surface area (TPSA) is 62.5 Å². The third kappa shape index (κ3) is 3.90. The summed E-state index contributed by atoms with van der Waals surface area (Å²) in [4.78, 5) is 21.3. The smallest absolute Gasteiger partial charge is 0.292 e. The molecule has 1 atom stereocenters. The van der Waals surface area contributed by atoms with Crippen LogP contribution >= 0.6 is 0 Å². The van der Waals surface area contributed by atoms with Gasteiger partial charge in [0.1, 0.15) is 0 Å². The summed E-state index contributed by atoms with van der Waals surface area (Å²) in [5, 5.41) is 5.44. The van der Waals surface area contributed by atoms with Crippen molar-refractivity contribution < 1.29 is 9.32 Å². The molecule has 0 aliphatic carbocycles. The van der Waals surface area contributed by atoms with Gasteiger partial charge in [-0.15, -0.1) is 0 Å². The standard InChI is InChI=1S/C23H26N4O2/c28-23(27-11-1-2-12-27)22-14-21(25-29-22)19-6-4-10-26(16-19)15-17-7-8-20-18(13-17)5-3-9-24-20/h3,5,7-9,13-14,19H,1-2,4,6,10-12,15-16H2/t19-/m1/s1. The van der Waals surface area contributed by atoms with Gasteiger partial charge in [0, 0.05) is 49.7 Å². The fourth-order valence-corrected chi connectivity index (χ4v) is 4.58. The van der Waals surface area contributed by atoms with Crippen molar-refractivity contribution in [3.8, 4) is 0 Å². The van der Waals surface area contributed by atoms with Crippen molar-refractivity contribution in [1.82, 2.24) is 19.9 Å². The predicted octanol–water partition coefficient (Wildman–Crippen LogP) is 3.84. The predicted molar refractivity (Wildman–Crippen MR) is 111 cm³/mol. The summed E-state index contributed by atoms with van der Waals surface area (Å²) in [7, 11) is 0. The molecule has 2 aliphatic heterocycles. The van der Waals surface area contributed by atoms with E-state index in [2.05, 4.69) is 39.3 Å². The third-order valence-corrected chi connectivity index (χ3v) is 6.13. The van der Waals surface area contributed by atoms with Gasteiger partial charge >= 0.3 is 0 Å². The van der Waals surface area contributed by atoms with Crippen molar-refractivity contribution in [2.75, 3.05) is 26.2 Å². The number of likely N-dealkylation sites (tertiary alicyclic amines) is 2. The van der Waals surface area contributed by atoms with Crippen molar-refractivity contribution in [3.05, 3.63) is 59.6 Å². The summed E-state index contributed by atoms with van der Waals surface area (Å²) in [6.07, 6.45) is 6.20. The lowest BCUT2D eigenvalue weighted by atomic mass is 9.94. The maximum absolute atomic E-state index is 12.5. The Balaban J connectivity index is 1.26. The van der Waals surface area contributed by atoms with E-state index in [0.29, 0.717) is 11.7 Å². The van der Waals surface area contributed by atoms with E-state index in [-0.39, 0.29) is 5.91 Å². The van der Waals surface area contributed by atoms with Crippen LogP contribution in [0.3, 0.4) is 0 Å². The van der Waals surface area contributed by atoms with Crippen LogP contribution in [0.25, 0.3) is 10.9 Å². The Bertz CT molecular complexity index is 1010. The quantitative estimate of drug-likeness (QED) is 0.677. The normalized spacial score (nSPS) is 20.4. The third-order valence-electron chi connectivity index (χ3n) is 6.13. The average molecular weight is 390 g/mol. The molecule has 2 fully saturated rings. The number of hydrogen-bond donors (Lipinski definition) is 0. The molecule has 150 valence electrons. The number of benzene rings is 1. The van der Waals surface area contributed by atoms with Crippen LogP contribution in [0, 0.1) is 0 Å². The van der Waals surface area contributed by atoms with Crippen LogP contribution in [0.4, 0.5) is 0 Å². The fourth-order valence-electron chi connectivity index (χ4n) is 4.58. The molecular formula is C23H26N4O2. The first-order valence-electron chi connectivity index (χ1n) is 10.6. The van der Waals surface area contributed by atoms with Crippen molar-refractivity contribution in [2.45, 2.75) is 38.1 Å². The Labute approximate surface area is 170 Å². The molecular weight excluding hydrogens is 364 g/mol. The van der Waals surface area contributed by atoms with E-state index in [9.17, 15) is 4.79 Å². The molecule has 0 saturated carbocycles. The van der Waals surface area contributed by atoms with Crippen molar-refractivity contribution in [1.29, 1.82) is 0 Å². The number of rotatable bonds is 4. The maximum atomic E-state index is 12.5. The Morgan fingerprint density at radius 3 is 2.90 bits per heavy atom. The molecule has 1 aromatic carbocycles. The number of amides is 1. The zero-order valence-corrected chi connectivity index (χ0v) is 16.6. The molecule has 1 amide bonds. The van der Waals surface area contributed by atoms with Gasteiger partial charge in [-0.2, -0.15) is 0 Å². The van der Waals surface area contributed by atoms with Gasteiger partial charge in [0.05, 0.1) is 11.2 Å². The second-order valence-corrected chi connectivity index (χ2v) is 8.22. The molecule has 0 bridgehead atoms. The SMILES string of the molecule is O=C(c1cc([C@@H]2CCCN(Cc3ccc4ncccc4c3)C2)no1)N1CCCC1. The van der Waals surface area contributed by atoms with Gasteiger partial charge in [-0.05, 0) is 56.0 Å². The molecule has 0 unspecified atom stereocenters. The molecule has 3 aromatic rings. The number of aromatic nitrogens is 2. The molecule has 2 aromatic heterocycles. The first-order valence-corrected chi connectivity index (χ1v) is 10.6. The maximum Gasteiger partial charge on any atom is 0.292 e. The molecule has 0 spiro atoms. The van der Waals surface area contributed by atoms with Gasteiger partial charge < -0.3 is 9.42 Å². The molecule has 0 radical (unpaired) electrons. The number of hydrogen-bond acceptors (Lipinski definition) is 5. The highest BCUT2D eigenvalue weighted by molar-refractivity contribution is 5.91. The zero-order valence-electron chi connectivity index (χ0n) is 16.6. The number of piperidine rings is 1. The lowest BCUT2D eigenvalue weighted by molar-refractivity contribution is 0.0751. The Hall–Kier alpha value is -2.73. The molecule has 2 saturated heterocycles. The van der Waals surface area contributed by atoms with Crippen molar-refractivity contribution in [2.24, 2.45) is 0 Å². The Kier molecular flexibility index (Phi) is 5.02. The van der Waals surface area contributed by atoms with Crippen LogP contribution in [-0.4, -0.2) is 52.0 Å². The lowest BCUT2D eigenvalue weighted by Gasteiger charge is -2.31. The van der Waals surface area contributed by atoms with Gasteiger partial charge in [0.2, 0.25) is 5.76 Å². The molecule has 2 aliphatic rings. The van der Waals surface area contributed by atoms with Crippen molar-refractivity contribution in [3.63, 3.8) is 0 Å². The van der Waals surface area contributed by atoms with Gasteiger partial charge in [0.25, 0.3) is 5.91 Å². The van der Waals surface area contributed by atoms with E-state index >= 15 is 0 Å². The van der Waals surface area contributed by atoms with Gasteiger partial charge in [-0.25, -0.2) is 0 Å². The minimum atomic E-state index is -0.0151. The summed E-state index contributed by atoms with van der Waals surface area (Å²) >= 11 is 0. The van der Waals surface area contributed by atoms with Crippen LogP contribution in [0.5, 0.6) is 0 Å². The highest BCUT2D eigenvalue weighted by Gasteiger charge is 2.28. The number of carbonyl (C=O) groups excluding carboxylic acids is 1. The van der Waals surface area contributed by atoms with Crippen LogP contribution in [0.2, 0.25) is 0 Å². The number of pyridine rings is 1. The molecule has 6 heteroatoms. The van der Waals surface area contributed by atoms with Crippen LogP contribution < -0.4 is 0 Å². The summed E-state index contributed by atoms with van der Waals surface area (Å²) in [5.41, 5.74) is 3.25. The van der Waals surface area contributed by atoms with Gasteiger partial charge in [0.15, 0.2) is 0 Å². The van der Waals surface area contributed by atoms with E-state index in [1.54, 1.807) is 0 Å². The van der Waals surface area contributed by atoms with Crippen LogP contribution in [0.15, 0.2) is 47.1 Å². The second kappa shape index (κ2) is 7.95. The molecule has 0 N–H and O–H groups in total. The van der Waals surface area contributed by atoms with Crippen molar-refractivity contribution >= 4 is 16.8 Å². The summed E-state index contributed by atoms with van der Waals surface area (Å²) in [5.74, 6) is 0.689. The Morgan fingerprint density at radius 1 is 1.10 bits per heavy atom. The molecule has 4 heterocycles. The number of carbonyl (C=O) groups is 1. The largest absolute Gasteiger partial charge is 0.351 e. The molecule has 29 heavy (non-hydrogen) atoms. The van der Waals surface area contributed by atoms with E-state index in [1.165, 1.54) is 10.9 Å². The number of nitrogens with zero attached hydrogens (tertiary/aromatic N) is 4. The minimum absolute atomic E-state index is 0.0151.